The van der Waals surface area contributed by atoms with Gasteiger partial charge in [0.05, 0.1) is 0 Å². The van der Waals surface area contributed by atoms with Crippen LogP contribution in [0.2, 0.25) is 0 Å². The molecule has 88 valence electrons. The van der Waals surface area contributed by atoms with Crippen LogP contribution in [0.15, 0.2) is 12.3 Å². The molecule has 0 amide bonds. The van der Waals surface area contributed by atoms with E-state index in [-0.39, 0.29) is 0 Å². The van der Waals surface area contributed by atoms with Gasteiger partial charge in [-0.05, 0) is 31.7 Å². The van der Waals surface area contributed by atoms with Crippen molar-refractivity contribution in [3.05, 3.63) is 12.3 Å². The van der Waals surface area contributed by atoms with Gasteiger partial charge in [-0.25, -0.2) is 4.98 Å². The van der Waals surface area contributed by atoms with Crippen molar-refractivity contribution in [2.24, 2.45) is 0 Å². The molecule has 2 heterocycles. The first-order valence-corrected chi connectivity index (χ1v) is 6.22. The summed E-state index contributed by atoms with van der Waals surface area (Å²) in [6.07, 6.45) is 6.81. The van der Waals surface area contributed by atoms with E-state index in [1.807, 2.05) is 12.3 Å². The van der Waals surface area contributed by atoms with Gasteiger partial charge in [-0.15, -0.1) is 0 Å². The lowest BCUT2D eigenvalue weighted by Crippen LogP contribution is -2.31. The molecule has 0 saturated carbocycles. The highest BCUT2D eigenvalue weighted by Gasteiger charge is 2.13. The minimum Gasteiger partial charge on any atom is -0.370 e. The third kappa shape index (κ3) is 2.84. The molecule has 1 N–H and O–H groups in total. The molecule has 0 unspecified atom stereocenters. The maximum Gasteiger partial charge on any atom is 0.227 e. The Morgan fingerprint density at radius 1 is 1.31 bits per heavy atom. The summed E-state index contributed by atoms with van der Waals surface area (Å²) in [5, 5.41) is 3.30. The molecular formula is C12H20N4. The summed E-state index contributed by atoms with van der Waals surface area (Å²) in [5.74, 6) is 1.82. The highest BCUT2D eigenvalue weighted by molar-refractivity contribution is 5.41. The zero-order chi connectivity index (χ0) is 11.2. The van der Waals surface area contributed by atoms with E-state index < -0.39 is 0 Å². The lowest BCUT2D eigenvalue weighted by Gasteiger charge is -2.26. The largest absolute Gasteiger partial charge is 0.370 e. The molecule has 1 aromatic heterocycles. The number of anilines is 2. The summed E-state index contributed by atoms with van der Waals surface area (Å²) >= 11 is 0. The van der Waals surface area contributed by atoms with Gasteiger partial charge in [-0.3, -0.25) is 0 Å². The van der Waals surface area contributed by atoms with Crippen molar-refractivity contribution in [2.45, 2.75) is 32.6 Å². The number of nitrogens with zero attached hydrogens (tertiary/aromatic N) is 3. The van der Waals surface area contributed by atoms with Crippen molar-refractivity contribution >= 4 is 11.8 Å². The first-order chi connectivity index (χ1) is 7.90. The van der Waals surface area contributed by atoms with Crippen molar-refractivity contribution in [2.75, 3.05) is 29.9 Å². The van der Waals surface area contributed by atoms with Gasteiger partial charge < -0.3 is 10.2 Å². The summed E-state index contributed by atoms with van der Waals surface area (Å²) in [7, 11) is 0. The monoisotopic (exact) mass is 220 g/mol. The van der Waals surface area contributed by atoms with Crippen LogP contribution in [0.4, 0.5) is 11.8 Å². The van der Waals surface area contributed by atoms with Gasteiger partial charge in [0.25, 0.3) is 0 Å². The van der Waals surface area contributed by atoms with E-state index in [0.717, 1.165) is 37.8 Å². The highest BCUT2D eigenvalue weighted by atomic mass is 15.3. The Morgan fingerprint density at radius 2 is 2.12 bits per heavy atom. The minimum absolute atomic E-state index is 0.876. The van der Waals surface area contributed by atoms with Crippen LogP contribution in [-0.4, -0.2) is 29.6 Å². The molecule has 0 aliphatic carbocycles. The maximum absolute atomic E-state index is 4.54. The van der Waals surface area contributed by atoms with Crippen LogP contribution in [0.25, 0.3) is 0 Å². The lowest BCUT2D eigenvalue weighted by atomic mass is 10.1. The molecule has 4 nitrogen and oxygen atoms in total. The molecule has 0 spiro atoms. The molecule has 0 aromatic carbocycles. The van der Waals surface area contributed by atoms with Crippen LogP contribution in [0, 0.1) is 0 Å². The Bertz CT molecular complexity index is 321. The minimum atomic E-state index is 0.876. The predicted molar refractivity (Wildman–Crippen MR) is 66.9 cm³/mol. The number of nitrogens with one attached hydrogen (secondary N) is 1. The van der Waals surface area contributed by atoms with Crippen LogP contribution in [-0.2, 0) is 0 Å². The smallest absolute Gasteiger partial charge is 0.227 e. The van der Waals surface area contributed by atoms with Crippen molar-refractivity contribution in [3.63, 3.8) is 0 Å². The summed E-state index contributed by atoms with van der Waals surface area (Å²) in [6, 6.07) is 1.93. The molecule has 0 radical (unpaired) electrons. The number of hydrogen-bond donors (Lipinski definition) is 1. The fourth-order valence-corrected chi connectivity index (χ4v) is 1.95. The molecule has 4 heteroatoms. The van der Waals surface area contributed by atoms with Gasteiger partial charge >= 0.3 is 0 Å². The summed E-state index contributed by atoms with van der Waals surface area (Å²) < 4.78 is 0. The van der Waals surface area contributed by atoms with Gasteiger partial charge in [0.15, 0.2) is 0 Å². The molecule has 1 fully saturated rings. The molecule has 1 aliphatic rings. The first kappa shape index (κ1) is 11.2. The zero-order valence-corrected chi connectivity index (χ0v) is 9.95. The maximum atomic E-state index is 4.54. The highest BCUT2D eigenvalue weighted by Crippen LogP contribution is 2.16. The van der Waals surface area contributed by atoms with E-state index in [1.165, 1.54) is 19.3 Å². The zero-order valence-electron chi connectivity index (χ0n) is 9.95. The summed E-state index contributed by atoms with van der Waals surface area (Å²) in [6.45, 7) is 5.31. The van der Waals surface area contributed by atoms with Gasteiger partial charge in [-0.1, -0.05) is 6.92 Å². The number of aromatic nitrogens is 2. The van der Waals surface area contributed by atoms with Gasteiger partial charge in [0.1, 0.15) is 5.82 Å². The molecular weight excluding hydrogens is 200 g/mol. The van der Waals surface area contributed by atoms with Gasteiger partial charge in [0, 0.05) is 25.8 Å². The van der Waals surface area contributed by atoms with E-state index >= 15 is 0 Å². The standard InChI is InChI=1S/C12H20N4/c1-2-7-13-11-6-8-14-12(15-11)16-9-4-3-5-10-16/h6,8H,2-5,7,9-10H2,1H3,(H,13,14,15). The van der Waals surface area contributed by atoms with Crippen LogP contribution in [0.1, 0.15) is 32.6 Å². The molecule has 1 aliphatic heterocycles. The van der Waals surface area contributed by atoms with Crippen LogP contribution in [0.5, 0.6) is 0 Å². The van der Waals surface area contributed by atoms with Crippen LogP contribution in [0.3, 0.4) is 0 Å². The van der Waals surface area contributed by atoms with E-state index in [9.17, 15) is 0 Å². The molecule has 2 rings (SSSR count). The van der Waals surface area contributed by atoms with Crippen molar-refractivity contribution in [1.29, 1.82) is 0 Å². The molecule has 1 saturated heterocycles. The Balaban J connectivity index is 2.02. The van der Waals surface area contributed by atoms with E-state index in [1.54, 1.807) is 0 Å². The fourth-order valence-electron chi connectivity index (χ4n) is 1.95. The van der Waals surface area contributed by atoms with Crippen LogP contribution >= 0.6 is 0 Å². The van der Waals surface area contributed by atoms with Crippen molar-refractivity contribution < 1.29 is 0 Å². The molecule has 1 aromatic rings. The Kier molecular flexibility index (Phi) is 3.97. The normalized spacial score (nSPS) is 16.2. The SMILES string of the molecule is CCCNc1ccnc(N2CCCCC2)n1. The lowest BCUT2D eigenvalue weighted by molar-refractivity contribution is 0.568. The number of rotatable bonds is 4. The molecule has 0 bridgehead atoms. The second-order valence-corrected chi connectivity index (χ2v) is 4.22. The average Bonchev–Trinajstić information content (AvgIpc) is 2.38. The number of hydrogen-bond acceptors (Lipinski definition) is 4. The predicted octanol–water partition coefficient (Wildman–Crippen LogP) is 2.29. The van der Waals surface area contributed by atoms with Crippen LogP contribution < -0.4 is 10.2 Å². The Morgan fingerprint density at radius 3 is 2.88 bits per heavy atom. The van der Waals surface area contributed by atoms with E-state index in [0.29, 0.717) is 0 Å². The quantitative estimate of drug-likeness (QED) is 0.845. The topological polar surface area (TPSA) is 41.1 Å². The number of piperidine rings is 1. The summed E-state index contributed by atoms with van der Waals surface area (Å²) in [5.41, 5.74) is 0. The third-order valence-corrected chi connectivity index (χ3v) is 2.84. The van der Waals surface area contributed by atoms with Gasteiger partial charge in [-0.2, -0.15) is 4.98 Å². The molecule has 0 atom stereocenters. The fraction of sp³-hybridized carbons (Fsp3) is 0.667. The van der Waals surface area contributed by atoms with E-state index in [2.05, 4.69) is 27.1 Å². The van der Waals surface area contributed by atoms with E-state index in [4.69, 9.17) is 0 Å². The summed E-state index contributed by atoms with van der Waals surface area (Å²) in [4.78, 5) is 11.2. The second kappa shape index (κ2) is 5.68. The van der Waals surface area contributed by atoms with Crippen molar-refractivity contribution in [1.82, 2.24) is 9.97 Å². The van der Waals surface area contributed by atoms with Gasteiger partial charge in [0.2, 0.25) is 5.95 Å². The third-order valence-electron chi connectivity index (χ3n) is 2.84. The molecule has 16 heavy (non-hydrogen) atoms. The Hall–Kier alpha value is -1.32. The Labute approximate surface area is 97.1 Å². The first-order valence-electron chi connectivity index (χ1n) is 6.22. The second-order valence-electron chi connectivity index (χ2n) is 4.22. The van der Waals surface area contributed by atoms with Crippen molar-refractivity contribution in [3.8, 4) is 0 Å². The average molecular weight is 220 g/mol.